The third-order valence-corrected chi connectivity index (χ3v) is 2.74. The Bertz CT molecular complexity index is 378. The standard InChI is InChI=1S/C13H20N2O2/c1-10-9-11(7-8-12(10)17-2)5-3-4-6-13(16)15-14/h7-9H,3-6,14H2,1-2H3,(H,15,16). The van der Waals surface area contributed by atoms with Gasteiger partial charge in [-0.1, -0.05) is 12.1 Å². The summed E-state index contributed by atoms with van der Waals surface area (Å²) in [5, 5.41) is 0. The van der Waals surface area contributed by atoms with Gasteiger partial charge in [-0.2, -0.15) is 0 Å². The molecule has 1 amide bonds. The Balaban J connectivity index is 2.37. The van der Waals surface area contributed by atoms with Gasteiger partial charge in [-0.05, 0) is 43.4 Å². The van der Waals surface area contributed by atoms with Gasteiger partial charge in [0, 0.05) is 6.42 Å². The van der Waals surface area contributed by atoms with Gasteiger partial charge in [0.1, 0.15) is 5.75 Å². The molecule has 3 N–H and O–H groups in total. The zero-order valence-corrected chi connectivity index (χ0v) is 10.5. The fourth-order valence-corrected chi connectivity index (χ4v) is 1.78. The molecule has 94 valence electrons. The minimum absolute atomic E-state index is 0.101. The van der Waals surface area contributed by atoms with Crippen LogP contribution < -0.4 is 16.0 Å². The molecule has 0 radical (unpaired) electrons. The lowest BCUT2D eigenvalue weighted by Crippen LogP contribution is -2.29. The zero-order chi connectivity index (χ0) is 12.7. The van der Waals surface area contributed by atoms with Crippen LogP contribution in [0.4, 0.5) is 0 Å². The number of nitrogens with two attached hydrogens (primary N) is 1. The fraction of sp³-hybridized carbons (Fsp3) is 0.462. The van der Waals surface area contributed by atoms with E-state index in [2.05, 4.69) is 17.6 Å². The number of benzene rings is 1. The lowest BCUT2D eigenvalue weighted by atomic mass is 10.0. The highest BCUT2D eigenvalue weighted by molar-refractivity contribution is 5.75. The fourth-order valence-electron chi connectivity index (χ4n) is 1.78. The van der Waals surface area contributed by atoms with Crippen molar-refractivity contribution in [1.82, 2.24) is 5.43 Å². The molecule has 0 atom stereocenters. The number of rotatable bonds is 6. The van der Waals surface area contributed by atoms with Gasteiger partial charge in [0.05, 0.1) is 7.11 Å². The van der Waals surface area contributed by atoms with Gasteiger partial charge in [-0.3, -0.25) is 10.2 Å². The number of amides is 1. The first-order chi connectivity index (χ1) is 8.17. The van der Waals surface area contributed by atoms with Crippen LogP contribution in [0.2, 0.25) is 0 Å². The number of hydrogen-bond donors (Lipinski definition) is 2. The summed E-state index contributed by atoms with van der Waals surface area (Å²) in [6.07, 6.45) is 3.31. The van der Waals surface area contributed by atoms with Crippen molar-refractivity contribution in [3.05, 3.63) is 29.3 Å². The minimum Gasteiger partial charge on any atom is -0.496 e. The van der Waals surface area contributed by atoms with Crippen LogP contribution in [-0.4, -0.2) is 13.0 Å². The van der Waals surface area contributed by atoms with Crippen molar-refractivity contribution in [2.45, 2.75) is 32.6 Å². The van der Waals surface area contributed by atoms with Crippen molar-refractivity contribution in [3.8, 4) is 5.75 Å². The third-order valence-electron chi connectivity index (χ3n) is 2.74. The van der Waals surface area contributed by atoms with Crippen molar-refractivity contribution < 1.29 is 9.53 Å². The molecule has 1 aromatic rings. The first-order valence-corrected chi connectivity index (χ1v) is 5.80. The molecular formula is C13H20N2O2. The van der Waals surface area contributed by atoms with Gasteiger partial charge >= 0.3 is 0 Å². The Morgan fingerprint density at radius 3 is 2.76 bits per heavy atom. The summed E-state index contributed by atoms with van der Waals surface area (Å²) >= 11 is 0. The first-order valence-electron chi connectivity index (χ1n) is 5.80. The number of hydrogen-bond acceptors (Lipinski definition) is 3. The maximum Gasteiger partial charge on any atom is 0.233 e. The Kier molecular flexibility index (Phi) is 5.49. The van der Waals surface area contributed by atoms with Gasteiger partial charge < -0.3 is 4.74 Å². The number of hydrazine groups is 1. The molecule has 0 aliphatic rings. The van der Waals surface area contributed by atoms with Crippen molar-refractivity contribution in [2.24, 2.45) is 5.84 Å². The lowest BCUT2D eigenvalue weighted by Gasteiger charge is -2.07. The average molecular weight is 236 g/mol. The van der Waals surface area contributed by atoms with Crippen LogP contribution in [0.5, 0.6) is 5.75 Å². The maximum atomic E-state index is 10.9. The highest BCUT2D eigenvalue weighted by Gasteiger charge is 2.01. The van der Waals surface area contributed by atoms with Crippen LogP contribution in [0.3, 0.4) is 0 Å². The molecule has 0 aromatic heterocycles. The number of nitrogens with one attached hydrogen (secondary N) is 1. The molecule has 0 unspecified atom stereocenters. The average Bonchev–Trinajstić information content (AvgIpc) is 2.34. The van der Waals surface area contributed by atoms with E-state index in [0.717, 1.165) is 30.6 Å². The summed E-state index contributed by atoms with van der Waals surface area (Å²) in [7, 11) is 1.67. The summed E-state index contributed by atoms with van der Waals surface area (Å²) in [6, 6.07) is 6.17. The van der Waals surface area contributed by atoms with E-state index < -0.39 is 0 Å². The van der Waals surface area contributed by atoms with Gasteiger partial charge in [0.2, 0.25) is 5.91 Å². The second-order valence-corrected chi connectivity index (χ2v) is 4.08. The number of ether oxygens (including phenoxy) is 1. The number of carbonyl (C=O) groups excluding carboxylic acids is 1. The van der Waals surface area contributed by atoms with Crippen molar-refractivity contribution >= 4 is 5.91 Å². The topological polar surface area (TPSA) is 64.3 Å². The Morgan fingerprint density at radius 2 is 2.18 bits per heavy atom. The molecule has 0 bridgehead atoms. The molecule has 17 heavy (non-hydrogen) atoms. The van der Waals surface area contributed by atoms with E-state index in [1.54, 1.807) is 7.11 Å². The van der Waals surface area contributed by atoms with E-state index in [9.17, 15) is 4.79 Å². The summed E-state index contributed by atoms with van der Waals surface area (Å²) in [5.41, 5.74) is 4.55. The Morgan fingerprint density at radius 1 is 1.41 bits per heavy atom. The Hall–Kier alpha value is -1.55. The monoisotopic (exact) mass is 236 g/mol. The van der Waals surface area contributed by atoms with Crippen LogP contribution in [0.15, 0.2) is 18.2 Å². The Labute approximate surface area is 102 Å². The van der Waals surface area contributed by atoms with Gasteiger partial charge in [-0.25, -0.2) is 5.84 Å². The SMILES string of the molecule is COc1ccc(CCCCC(=O)NN)cc1C. The smallest absolute Gasteiger partial charge is 0.233 e. The van der Waals surface area contributed by atoms with Crippen LogP contribution in [0.1, 0.15) is 30.4 Å². The van der Waals surface area contributed by atoms with E-state index in [0.29, 0.717) is 6.42 Å². The maximum absolute atomic E-state index is 10.9. The van der Waals surface area contributed by atoms with Crippen molar-refractivity contribution in [2.75, 3.05) is 7.11 Å². The molecule has 4 nitrogen and oxygen atoms in total. The highest BCUT2D eigenvalue weighted by atomic mass is 16.5. The van der Waals surface area contributed by atoms with E-state index in [1.807, 2.05) is 13.0 Å². The van der Waals surface area contributed by atoms with Crippen LogP contribution in [0.25, 0.3) is 0 Å². The van der Waals surface area contributed by atoms with E-state index in [-0.39, 0.29) is 5.91 Å². The van der Waals surface area contributed by atoms with E-state index >= 15 is 0 Å². The zero-order valence-electron chi connectivity index (χ0n) is 10.5. The van der Waals surface area contributed by atoms with Gasteiger partial charge in [0.15, 0.2) is 0 Å². The van der Waals surface area contributed by atoms with Crippen molar-refractivity contribution in [1.29, 1.82) is 0 Å². The molecule has 0 saturated carbocycles. The summed E-state index contributed by atoms with van der Waals surface area (Å²) in [4.78, 5) is 10.9. The minimum atomic E-state index is -0.101. The van der Waals surface area contributed by atoms with Crippen LogP contribution in [0, 0.1) is 6.92 Å². The largest absolute Gasteiger partial charge is 0.496 e. The predicted molar refractivity (Wildman–Crippen MR) is 67.6 cm³/mol. The molecule has 1 rings (SSSR count). The van der Waals surface area contributed by atoms with E-state index in [1.165, 1.54) is 5.56 Å². The predicted octanol–water partition coefficient (Wildman–Crippen LogP) is 1.71. The molecular weight excluding hydrogens is 216 g/mol. The lowest BCUT2D eigenvalue weighted by molar-refractivity contribution is -0.121. The number of methoxy groups -OCH3 is 1. The highest BCUT2D eigenvalue weighted by Crippen LogP contribution is 2.19. The molecule has 0 spiro atoms. The second-order valence-electron chi connectivity index (χ2n) is 4.08. The summed E-state index contributed by atoms with van der Waals surface area (Å²) < 4.78 is 5.20. The molecule has 0 fully saturated rings. The number of carbonyl (C=O) groups is 1. The van der Waals surface area contributed by atoms with E-state index in [4.69, 9.17) is 10.6 Å². The molecule has 0 heterocycles. The van der Waals surface area contributed by atoms with Gasteiger partial charge in [-0.15, -0.1) is 0 Å². The van der Waals surface area contributed by atoms with Crippen molar-refractivity contribution in [3.63, 3.8) is 0 Å². The molecule has 0 aliphatic carbocycles. The van der Waals surface area contributed by atoms with Gasteiger partial charge in [0.25, 0.3) is 0 Å². The summed E-state index contributed by atoms with van der Waals surface area (Å²) in [5.74, 6) is 5.82. The second kappa shape index (κ2) is 6.91. The first kappa shape index (κ1) is 13.5. The molecule has 0 saturated heterocycles. The number of aryl methyl sites for hydroxylation is 2. The third kappa shape index (κ3) is 4.44. The quantitative estimate of drug-likeness (QED) is 0.342. The molecule has 0 aliphatic heterocycles. The van der Waals surface area contributed by atoms with Crippen LogP contribution in [-0.2, 0) is 11.2 Å². The van der Waals surface area contributed by atoms with Crippen LogP contribution >= 0.6 is 0 Å². The normalized spacial score (nSPS) is 10.1. The summed E-state index contributed by atoms with van der Waals surface area (Å²) in [6.45, 7) is 2.03. The number of unbranched alkanes of at least 4 members (excludes halogenated alkanes) is 1. The molecule has 1 aromatic carbocycles. The molecule has 4 heteroatoms.